The molecule has 0 bridgehead atoms. The first-order valence-corrected chi connectivity index (χ1v) is 3.87. The standard InChI is InChI=1S/C9H14O2/c1-6(2)7-4-5-9(7,3)8(10)11/h7H,1,4-5H2,2-3H3,(H,10,11)/t7?,9-/m0/s1. The second-order valence-electron chi connectivity index (χ2n) is 3.66. The Morgan fingerprint density at radius 1 is 1.73 bits per heavy atom. The van der Waals surface area contributed by atoms with Crippen molar-refractivity contribution in [2.24, 2.45) is 11.3 Å². The molecular weight excluding hydrogens is 140 g/mol. The maximum Gasteiger partial charge on any atom is 0.309 e. The third-order valence-corrected chi connectivity index (χ3v) is 2.80. The molecular formula is C9H14O2. The number of carboxylic acids is 1. The van der Waals surface area contributed by atoms with Gasteiger partial charge in [0.25, 0.3) is 0 Å². The van der Waals surface area contributed by atoms with Crippen LogP contribution in [0.25, 0.3) is 0 Å². The molecule has 62 valence electrons. The fourth-order valence-corrected chi connectivity index (χ4v) is 1.77. The van der Waals surface area contributed by atoms with Crippen LogP contribution in [0.5, 0.6) is 0 Å². The molecule has 0 aromatic carbocycles. The Morgan fingerprint density at radius 3 is 2.36 bits per heavy atom. The van der Waals surface area contributed by atoms with E-state index in [1.165, 1.54) is 0 Å². The summed E-state index contributed by atoms with van der Waals surface area (Å²) >= 11 is 0. The third-order valence-electron chi connectivity index (χ3n) is 2.80. The molecule has 1 unspecified atom stereocenters. The minimum absolute atomic E-state index is 0.194. The lowest BCUT2D eigenvalue weighted by Crippen LogP contribution is -2.44. The fourth-order valence-electron chi connectivity index (χ4n) is 1.77. The Bertz CT molecular complexity index is 208. The third kappa shape index (κ3) is 1.06. The van der Waals surface area contributed by atoms with Gasteiger partial charge in [0.2, 0.25) is 0 Å². The molecule has 1 saturated carbocycles. The summed E-state index contributed by atoms with van der Waals surface area (Å²) in [5.41, 5.74) is 0.479. The molecule has 2 heteroatoms. The van der Waals surface area contributed by atoms with Crippen molar-refractivity contribution in [3.05, 3.63) is 12.2 Å². The second kappa shape index (κ2) is 2.36. The molecule has 1 N–H and O–H groups in total. The van der Waals surface area contributed by atoms with E-state index in [2.05, 4.69) is 6.58 Å². The lowest BCUT2D eigenvalue weighted by atomic mass is 9.59. The van der Waals surface area contributed by atoms with Crippen LogP contribution >= 0.6 is 0 Å². The lowest BCUT2D eigenvalue weighted by molar-refractivity contribution is -0.157. The van der Waals surface area contributed by atoms with Gasteiger partial charge in [0.15, 0.2) is 0 Å². The van der Waals surface area contributed by atoms with E-state index in [-0.39, 0.29) is 5.92 Å². The van der Waals surface area contributed by atoms with E-state index in [0.29, 0.717) is 0 Å². The highest BCUT2D eigenvalue weighted by Gasteiger charge is 2.48. The molecule has 0 radical (unpaired) electrons. The zero-order valence-electron chi connectivity index (χ0n) is 7.05. The van der Waals surface area contributed by atoms with Gasteiger partial charge < -0.3 is 5.11 Å². The van der Waals surface area contributed by atoms with E-state index < -0.39 is 11.4 Å². The molecule has 0 amide bonds. The zero-order valence-corrected chi connectivity index (χ0v) is 7.05. The van der Waals surface area contributed by atoms with E-state index in [9.17, 15) is 4.79 Å². The fraction of sp³-hybridized carbons (Fsp3) is 0.667. The van der Waals surface area contributed by atoms with Crippen LogP contribution in [0.3, 0.4) is 0 Å². The molecule has 0 aromatic rings. The van der Waals surface area contributed by atoms with Gasteiger partial charge in [-0.1, -0.05) is 12.2 Å². The number of carboxylic acid groups (broad SMARTS) is 1. The van der Waals surface area contributed by atoms with E-state index in [1.54, 1.807) is 6.92 Å². The predicted octanol–water partition coefficient (Wildman–Crippen LogP) is 2.06. The maximum absolute atomic E-state index is 10.8. The normalized spacial score (nSPS) is 36.0. The summed E-state index contributed by atoms with van der Waals surface area (Å²) in [5.74, 6) is -0.489. The second-order valence-corrected chi connectivity index (χ2v) is 3.66. The lowest BCUT2D eigenvalue weighted by Gasteiger charge is -2.44. The molecule has 0 spiro atoms. The summed E-state index contributed by atoms with van der Waals surface area (Å²) in [6.07, 6.45) is 1.78. The average molecular weight is 154 g/mol. The number of aliphatic carboxylic acids is 1. The average Bonchev–Trinajstić information content (AvgIpc) is 1.82. The molecule has 1 aliphatic rings. The summed E-state index contributed by atoms with van der Waals surface area (Å²) in [7, 11) is 0. The van der Waals surface area contributed by atoms with E-state index in [1.807, 2.05) is 6.92 Å². The number of rotatable bonds is 2. The topological polar surface area (TPSA) is 37.3 Å². The molecule has 11 heavy (non-hydrogen) atoms. The van der Waals surface area contributed by atoms with Gasteiger partial charge in [0.05, 0.1) is 5.41 Å². The zero-order chi connectivity index (χ0) is 8.65. The van der Waals surface area contributed by atoms with Gasteiger partial charge in [-0.05, 0) is 32.6 Å². The van der Waals surface area contributed by atoms with Crippen molar-refractivity contribution >= 4 is 5.97 Å². The first-order chi connectivity index (χ1) is 4.98. The largest absolute Gasteiger partial charge is 0.481 e. The number of allylic oxidation sites excluding steroid dienone is 1. The Hall–Kier alpha value is -0.790. The SMILES string of the molecule is C=C(C)C1CC[C@]1(C)C(=O)O. The van der Waals surface area contributed by atoms with Crippen LogP contribution in [0, 0.1) is 11.3 Å². The predicted molar refractivity (Wildman–Crippen MR) is 43.3 cm³/mol. The van der Waals surface area contributed by atoms with Gasteiger partial charge in [-0.15, -0.1) is 0 Å². The van der Waals surface area contributed by atoms with Crippen LogP contribution in [0.4, 0.5) is 0 Å². The summed E-state index contributed by atoms with van der Waals surface area (Å²) < 4.78 is 0. The van der Waals surface area contributed by atoms with Crippen molar-refractivity contribution in [1.29, 1.82) is 0 Å². The summed E-state index contributed by atoms with van der Waals surface area (Å²) in [6, 6.07) is 0. The van der Waals surface area contributed by atoms with Crippen molar-refractivity contribution in [3.8, 4) is 0 Å². The van der Waals surface area contributed by atoms with Gasteiger partial charge in [-0.25, -0.2) is 0 Å². The molecule has 1 fully saturated rings. The quantitative estimate of drug-likeness (QED) is 0.618. The van der Waals surface area contributed by atoms with Crippen LogP contribution in [0.15, 0.2) is 12.2 Å². The summed E-state index contributed by atoms with van der Waals surface area (Å²) in [4.78, 5) is 10.8. The number of carbonyl (C=O) groups is 1. The Kier molecular flexibility index (Phi) is 1.78. The van der Waals surface area contributed by atoms with Crippen molar-refractivity contribution in [3.63, 3.8) is 0 Å². The molecule has 0 heterocycles. The first-order valence-electron chi connectivity index (χ1n) is 3.87. The first kappa shape index (κ1) is 8.31. The molecule has 1 aliphatic carbocycles. The Labute approximate surface area is 66.9 Å². The highest BCUT2D eigenvalue weighted by molar-refractivity contribution is 5.76. The van der Waals surface area contributed by atoms with E-state index in [0.717, 1.165) is 18.4 Å². The molecule has 2 nitrogen and oxygen atoms in total. The van der Waals surface area contributed by atoms with Crippen molar-refractivity contribution in [2.75, 3.05) is 0 Å². The van der Waals surface area contributed by atoms with Gasteiger partial charge >= 0.3 is 5.97 Å². The van der Waals surface area contributed by atoms with Gasteiger partial charge in [-0.3, -0.25) is 4.79 Å². The van der Waals surface area contributed by atoms with Crippen LogP contribution in [0.1, 0.15) is 26.7 Å². The van der Waals surface area contributed by atoms with E-state index in [4.69, 9.17) is 5.11 Å². The smallest absolute Gasteiger partial charge is 0.309 e. The minimum Gasteiger partial charge on any atom is -0.481 e. The van der Waals surface area contributed by atoms with Gasteiger partial charge in [-0.2, -0.15) is 0 Å². The minimum atomic E-state index is -0.684. The molecule has 1 rings (SSSR count). The van der Waals surface area contributed by atoms with Crippen LogP contribution < -0.4 is 0 Å². The molecule has 0 aromatic heterocycles. The van der Waals surface area contributed by atoms with Crippen LogP contribution in [-0.2, 0) is 4.79 Å². The van der Waals surface area contributed by atoms with Crippen molar-refractivity contribution in [2.45, 2.75) is 26.7 Å². The van der Waals surface area contributed by atoms with Crippen molar-refractivity contribution in [1.82, 2.24) is 0 Å². The Balaban J connectivity index is 2.75. The van der Waals surface area contributed by atoms with Crippen LogP contribution in [-0.4, -0.2) is 11.1 Å². The van der Waals surface area contributed by atoms with E-state index >= 15 is 0 Å². The highest BCUT2D eigenvalue weighted by Crippen LogP contribution is 2.49. The molecule has 0 aliphatic heterocycles. The monoisotopic (exact) mass is 154 g/mol. The number of hydrogen-bond donors (Lipinski definition) is 1. The van der Waals surface area contributed by atoms with Gasteiger partial charge in [0, 0.05) is 0 Å². The maximum atomic E-state index is 10.8. The molecule has 0 saturated heterocycles. The summed E-state index contributed by atoms with van der Waals surface area (Å²) in [5, 5.41) is 8.87. The van der Waals surface area contributed by atoms with Crippen LogP contribution in [0.2, 0.25) is 0 Å². The highest BCUT2D eigenvalue weighted by atomic mass is 16.4. The molecule has 2 atom stereocenters. The Morgan fingerprint density at radius 2 is 2.27 bits per heavy atom. The van der Waals surface area contributed by atoms with Gasteiger partial charge in [0.1, 0.15) is 0 Å². The summed E-state index contributed by atoms with van der Waals surface area (Å²) in [6.45, 7) is 7.50. The van der Waals surface area contributed by atoms with Crippen molar-refractivity contribution < 1.29 is 9.90 Å². The number of hydrogen-bond acceptors (Lipinski definition) is 1.